The van der Waals surface area contributed by atoms with Crippen LogP contribution in [0, 0.1) is 0 Å². The maximum atomic E-state index is 9.43. The Labute approximate surface area is 112 Å². The molecule has 0 aromatic rings. The molecule has 108 valence electrons. The Kier molecular flexibility index (Phi) is 8.96. The molecule has 0 aromatic carbocycles. The van der Waals surface area contributed by atoms with Gasteiger partial charge in [-0.3, -0.25) is 0 Å². The predicted octanol–water partition coefficient (Wildman–Crippen LogP) is 1.49. The van der Waals surface area contributed by atoms with Gasteiger partial charge in [0, 0.05) is 27.4 Å². The van der Waals surface area contributed by atoms with Gasteiger partial charge in [0.05, 0.1) is 6.23 Å². The maximum Gasteiger partial charge on any atom is 0.364 e. The Morgan fingerprint density at radius 2 is 1.56 bits per heavy atom. The zero-order chi connectivity index (χ0) is 14.1. The van der Waals surface area contributed by atoms with Crippen LogP contribution in [0.2, 0.25) is 12.1 Å². The summed E-state index contributed by atoms with van der Waals surface area (Å²) in [5.74, 6) is 0. The zero-order valence-electron chi connectivity index (χ0n) is 11.9. The molecule has 0 saturated carbocycles. The fourth-order valence-corrected chi connectivity index (χ4v) is 7.45. The van der Waals surface area contributed by atoms with Gasteiger partial charge >= 0.3 is 17.1 Å². The fraction of sp³-hybridized carbons (Fsp3) is 0.818. The van der Waals surface area contributed by atoms with E-state index >= 15 is 0 Å². The van der Waals surface area contributed by atoms with Crippen LogP contribution in [0.3, 0.4) is 0 Å². The Morgan fingerprint density at radius 1 is 1.06 bits per heavy atom. The van der Waals surface area contributed by atoms with Crippen molar-refractivity contribution < 1.29 is 22.8 Å². The molecule has 0 bridgehead atoms. The lowest BCUT2D eigenvalue weighted by Crippen LogP contribution is -2.48. The second-order valence-corrected chi connectivity index (χ2v) is 10.4. The zero-order valence-corrected chi connectivity index (χ0v) is 13.9. The van der Waals surface area contributed by atoms with Gasteiger partial charge in [0.15, 0.2) is 0 Å². The average Bonchev–Trinajstić information content (AvgIpc) is 2.41. The molecule has 0 radical (unpaired) electrons. The molecule has 0 rings (SSSR count). The lowest BCUT2D eigenvalue weighted by Gasteiger charge is -2.31. The van der Waals surface area contributed by atoms with Crippen LogP contribution in [0.5, 0.6) is 0 Å². The minimum absolute atomic E-state index is 0.0696. The predicted molar refractivity (Wildman–Crippen MR) is 75.7 cm³/mol. The van der Waals surface area contributed by atoms with Gasteiger partial charge in [-0.25, -0.2) is 0 Å². The second kappa shape index (κ2) is 8.97. The normalized spacial score (nSPS) is 12.7. The van der Waals surface area contributed by atoms with Gasteiger partial charge in [0.2, 0.25) is 0 Å². The Balaban J connectivity index is 4.71. The summed E-state index contributed by atoms with van der Waals surface area (Å²) in [6, 6.07) is 1.32. The molecule has 0 aromatic heterocycles. The first kappa shape index (κ1) is 18.0. The molecule has 0 unspecified atom stereocenters. The van der Waals surface area contributed by atoms with E-state index in [2.05, 4.69) is 6.58 Å². The van der Waals surface area contributed by atoms with Crippen molar-refractivity contribution in [3.05, 3.63) is 12.3 Å². The van der Waals surface area contributed by atoms with E-state index in [0.717, 1.165) is 0 Å². The number of aliphatic hydroxyl groups excluding tert-OH is 1. The topological polar surface area (TPSA) is 57.2 Å². The molecule has 0 atom stereocenters. The molecule has 18 heavy (non-hydrogen) atoms. The van der Waals surface area contributed by atoms with Gasteiger partial charge in [-0.05, 0) is 31.6 Å². The van der Waals surface area contributed by atoms with Crippen LogP contribution in [0.1, 0.15) is 13.8 Å². The summed E-state index contributed by atoms with van der Waals surface area (Å²) in [6.07, 6.45) is -0.0696. The molecule has 0 fully saturated rings. The van der Waals surface area contributed by atoms with Crippen molar-refractivity contribution in [1.82, 2.24) is 0 Å². The molecule has 7 heteroatoms. The Morgan fingerprint density at radius 3 is 1.83 bits per heavy atom. The summed E-state index contributed by atoms with van der Waals surface area (Å²) < 4.78 is 22.3. The Hall–Kier alpha value is -0.0262. The van der Waals surface area contributed by atoms with E-state index in [1.165, 1.54) is 0 Å². The van der Waals surface area contributed by atoms with E-state index in [-0.39, 0.29) is 6.23 Å². The van der Waals surface area contributed by atoms with E-state index in [1.807, 2.05) is 13.8 Å². The summed E-state index contributed by atoms with van der Waals surface area (Å²) >= 11 is 0. The molecule has 0 spiro atoms. The van der Waals surface area contributed by atoms with Crippen LogP contribution in [0.15, 0.2) is 12.3 Å². The van der Waals surface area contributed by atoms with E-state index in [1.54, 1.807) is 19.9 Å². The standard InChI is InChI=1S/C11H26O5Si2/c1-6-15-17(8-3,16-7-2)9-10-18(11-12,13-4)14-5/h8,12H,3,6-7,9-11H2,1-2,4-5H3. The molecule has 0 amide bonds. The first-order chi connectivity index (χ1) is 8.57. The van der Waals surface area contributed by atoms with Crippen molar-refractivity contribution in [1.29, 1.82) is 0 Å². The van der Waals surface area contributed by atoms with Crippen LogP contribution < -0.4 is 0 Å². The highest BCUT2D eigenvalue weighted by Crippen LogP contribution is 2.24. The minimum atomic E-state index is -2.52. The van der Waals surface area contributed by atoms with Crippen molar-refractivity contribution in [3.63, 3.8) is 0 Å². The Bertz CT molecular complexity index is 219. The molecule has 0 aliphatic heterocycles. The van der Waals surface area contributed by atoms with E-state index < -0.39 is 17.1 Å². The largest absolute Gasteiger partial charge is 0.396 e. The van der Waals surface area contributed by atoms with Crippen molar-refractivity contribution in [3.8, 4) is 0 Å². The number of hydrogen-bond donors (Lipinski definition) is 1. The van der Waals surface area contributed by atoms with Gasteiger partial charge in [-0.2, -0.15) is 0 Å². The SMILES string of the molecule is C=C[Si](CC[Si](CO)(OC)OC)(OCC)OCC. The smallest absolute Gasteiger partial charge is 0.364 e. The van der Waals surface area contributed by atoms with Crippen molar-refractivity contribution in [2.45, 2.75) is 25.9 Å². The van der Waals surface area contributed by atoms with Gasteiger partial charge in [0.25, 0.3) is 0 Å². The summed E-state index contributed by atoms with van der Waals surface area (Å²) in [5.41, 5.74) is 1.79. The maximum absolute atomic E-state index is 9.43. The van der Waals surface area contributed by atoms with Crippen LogP contribution in [0.25, 0.3) is 0 Å². The van der Waals surface area contributed by atoms with Crippen LogP contribution in [-0.4, -0.2) is 55.9 Å². The van der Waals surface area contributed by atoms with E-state index in [4.69, 9.17) is 17.7 Å². The number of hydrogen-bond acceptors (Lipinski definition) is 5. The van der Waals surface area contributed by atoms with Crippen molar-refractivity contribution >= 4 is 17.1 Å². The van der Waals surface area contributed by atoms with Crippen molar-refractivity contribution in [2.24, 2.45) is 0 Å². The summed E-state index contributed by atoms with van der Waals surface area (Å²) in [4.78, 5) is 0. The molecule has 0 saturated heterocycles. The third kappa shape index (κ3) is 4.92. The molecule has 1 N–H and O–H groups in total. The molecule has 0 heterocycles. The second-order valence-electron chi connectivity index (χ2n) is 3.86. The minimum Gasteiger partial charge on any atom is -0.396 e. The van der Waals surface area contributed by atoms with E-state index in [9.17, 15) is 5.11 Å². The average molecular weight is 294 g/mol. The third-order valence-electron chi connectivity index (χ3n) is 2.93. The molecule has 5 nitrogen and oxygen atoms in total. The molecule has 0 aliphatic rings. The van der Waals surface area contributed by atoms with Crippen LogP contribution >= 0.6 is 0 Å². The highest BCUT2D eigenvalue weighted by atomic mass is 28.4. The number of rotatable bonds is 11. The van der Waals surface area contributed by atoms with Crippen LogP contribution in [-0.2, 0) is 17.7 Å². The lowest BCUT2D eigenvalue weighted by molar-refractivity contribution is 0.184. The van der Waals surface area contributed by atoms with Gasteiger partial charge in [0.1, 0.15) is 0 Å². The highest BCUT2D eigenvalue weighted by molar-refractivity contribution is 6.76. The molecular formula is C11H26O5Si2. The first-order valence-electron chi connectivity index (χ1n) is 6.20. The van der Waals surface area contributed by atoms with E-state index in [0.29, 0.717) is 25.3 Å². The molecular weight excluding hydrogens is 268 g/mol. The van der Waals surface area contributed by atoms with Gasteiger partial charge in [-0.15, -0.1) is 6.58 Å². The van der Waals surface area contributed by atoms with Gasteiger partial charge in [-0.1, -0.05) is 0 Å². The number of aliphatic hydroxyl groups is 1. The first-order valence-corrected chi connectivity index (χ1v) is 10.5. The van der Waals surface area contributed by atoms with Crippen molar-refractivity contribution in [2.75, 3.05) is 33.7 Å². The lowest BCUT2D eigenvalue weighted by atomic mass is 10.9. The summed E-state index contributed by atoms with van der Waals surface area (Å²) in [5, 5.41) is 9.43. The quantitative estimate of drug-likeness (QED) is 0.585. The highest BCUT2D eigenvalue weighted by Gasteiger charge is 2.42. The molecule has 0 aliphatic carbocycles. The van der Waals surface area contributed by atoms with Crippen LogP contribution in [0.4, 0.5) is 0 Å². The third-order valence-corrected chi connectivity index (χ3v) is 9.53. The summed E-state index contributed by atoms with van der Waals surface area (Å²) in [7, 11) is -1.77. The fourth-order valence-electron chi connectivity index (χ4n) is 1.75. The summed E-state index contributed by atoms with van der Waals surface area (Å²) in [6.45, 7) is 8.89. The van der Waals surface area contributed by atoms with Gasteiger partial charge < -0.3 is 22.8 Å². The monoisotopic (exact) mass is 294 g/mol.